The summed E-state index contributed by atoms with van der Waals surface area (Å²) in [5.74, 6) is 0.916. The lowest BCUT2D eigenvalue weighted by Gasteiger charge is -2.16. The van der Waals surface area contributed by atoms with Crippen LogP contribution in [0.2, 0.25) is 0 Å². The molecule has 0 amide bonds. The van der Waals surface area contributed by atoms with E-state index in [1.165, 1.54) is 11.1 Å². The summed E-state index contributed by atoms with van der Waals surface area (Å²) >= 11 is 6.92. The Labute approximate surface area is 124 Å². The second-order valence-electron chi connectivity index (χ2n) is 4.14. The van der Waals surface area contributed by atoms with Crippen LogP contribution >= 0.6 is 31.9 Å². The summed E-state index contributed by atoms with van der Waals surface area (Å²) in [6.07, 6.45) is 0. The zero-order chi connectivity index (χ0) is 13.1. The van der Waals surface area contributed by atoms with E-state index < -0.39 is 0 Å². The van der Waals surface area contributed by atoms with E-state index in [1.54, 1.807) is 0 Å². The molecule has 2 rings (SSSR count). The van der Waals surface area contributed by atoms with E-state index in [4.69, 9.17) is 4.42 Å². The summed E-state index contributed by atoms with van der Waals surface area (Å²) in [6, 6.07) is 10.4. The van der Waals surface area contributed by atoms with Crippen molar-refractivity contribution in [3.05, 3.63) is 56.4 Å². The quantitative estimate of drug-likeness (QED) is 0.832. The van der Waals surface area contributed by atoms with Gasteiger partial charge in [0.15, 0.2) is 4.67 Å². The minimum Gasteiger partial charge on any atom is -0.452 e. The van der Waals surface area contributed by atoms with Crippen LogP contribution in [0.1, 0.15) is 29.9 Å². The number of hydrogen-bond acceptors (Lipinski definition) is 2. The first-order valence-electron chi connectivity index (χ1n) is 5.86. The van der Waals surface area contributed by atoms with Crippen molar-refractivity contribution in [2.24, 2.45) is 0 Å². The van der Waals surface area contributed by atoms with Crippen LogP contribution in [-0.4, -0.2) is 6.54 Å². The van der Waals surface area contributed by atoms with Gasteiger partial charge in [0.05, 0.1) is 6.04 Å². The monoisotopic (exact) mass is 371 g/mol. The van der Waals surface area contributed by atoms with Crippen molar-refractivity contribution >= 4 is 31.9 Å². The van der Waals surface area contributed by atoms with Gasteiger partial charge in [-0.3, -0.25) is 0 Å². The molecule has 2 nitrogen and oxygen atoms in total. The minimum atomic E-state index is 0.0817. The molecule has 1 N–H and O–H groups in total. The third kappa shape index (κ3) is 3.05. The first kappa shape index (κ1) is 13.8. The highest BCUT2D eigenvalue weighted by Gasteiger charge is 2.17. The van der Waals surface area contributed by atoms with Gasteiger partial charge >= 0.3 is 0 Å². The highest BCUT2D eigenvalue weighted by Crippen LogP contribution is 2.28. The molecule has 0 spiro atoms. The number of halogens is 2. The van der Waals surface area contributed by atoms with Gasteiger partial charge in [-0.2, -0.15) is 0 Å². The van der Waals surface area contributed by atoms with E-state index >= 15 is 0 Å². The lowest BCUT2D eigenvalue weighted by Crippen LogP contribution is -2.21. The molecule has 1 unspecified atom stereocenters. The zero-order valence-corrected chi connectivity index (χ0v) is 13.5. The number of aryl methyl sites for hydroxylation is 1. The Morgan fingerprint density at radius 1 is 1.22 bits per heavy atom. The molecule has 2 aromatic rings. The summed E-state index contributed by atoms with van der Waals surface area (Å²) in [6.45, 7) is 5.06. The zero-order valence-electron chi connectivity index (χ0n) is 10.3. The molecule has 0 aliphatic rings. The molecule has 0 saturated heterocycles. The lowest BCUT2D eigenvalue weighted by molar-refractivity contribution is 0.437. The van der Waals surface area contributed by atoms with Gasteiger partial charge in [-0.15, -0.1) is 0 Å². The molecule has 0 fully saturated rings. The fourth-order valence-corrected chi connectivity index (χ4v) is 2.57. The number of rotatable bonds is 4. The largest absolute Gasteiger partial charge is 0.452 e. The lowest BCUT2D eigenvalue weighted by atomic mass is 10.0. The molecule has 1 atom stereocenters. The van der Waals surface area contributed by atoms with Crippen LogP contribution in [0, 0.1) is 6.92 Å². The second kappa shape index (κ2) is 6.04. The molecule has 4 heteroatoms. The van der Waals surface area contributed by atoms with Gasteiger partial charge in [0.25, 0.3) is 0 Å². The van der Waals surface area contributed by atoms with Crippen LogP contribution in [0.4, 0.5) is 0 Å². The van der Waals surface area contributed by atoms with Crippen LogP contribution in [0.3, 0.4) is 0 Å². The standard InChI is InChI=1S/C14H15Br2NO/c1-3-17-14(12-6-7-13(16)18-12)10-5-4-9(2)11(15)8-10/h4-8,14,17H,3H2,1-2H3. The summed E-state index contributed by atoms with van der Waals surface area (Å²) in [7, 11) is 0. The third-order valence-corrected chi connectivity index (χ3v) is 4.10. The predicted octanol–water partition coefficient (Wildman–Crippen LogP) is 4.81. The van der Waals surface area contributed by atoms with Crippen molar-refractivity contribution in [1.29, 1.82) is 0 Å². The fraction of sp³-hybridized carbons (Fsp3) is 0.286. The molecule has 0 aliphatic carbocycles. The van der Waals surface area contributed by atoms with Crippen molar-refractivity contribution in [2.45, 2.75) is 19.9 Å². The van der Waals surface area contributed by atoms with Crippen molar-refractivity contribution in [3.63, 3.8) is 0 Å². The van der Waals surface area contributed by atoms with Crippen molar-refractivity contribution in [1.82, 2.24) is 5.32 Å². The highest BCUT2D eigenvalue weighted by atomic mass is 79.9. The van der Waals surface area contributed by atoms with E-state index in [1.807, 2.05) is 12.1 Å². The smallest absolute Gasteiger partial charge is 0.169 e. The Morgan fingerprint density at radius 3 is 2.56 bits per heavy atom. The number of benzene rings is 1. The van der Waals surface area contributed by atoms with E-state index in [-0.39, 0.29) is 6.04 Å². The van der Waals surface area contributed by atoms with E-state index in [2.05, 4.69) is 69.2 Å². The van der Waals surface area contributed by atoms with Crippen LogP contribution in [0.5, 0.6) is 0 Å². The molecule has 18 heavy (non-hydrogen) atoms. The Kier molecular flexibility index (Phi) is 4.65. The highest BCUT2D eigenvalue weighted by molar-refractivity contribution is 9.10. The van der Waals surface area contributed by atoms with Gasteiger partial charge in [0.2, 0.25) is 0 Å². The molecule has 1 heterocycles. The summed E-state index contributed by atoms with van der Waals surface area (Å²) < 4.78 is 7.54. The first-order chi connectivity index (χ1) is 8.61. The van der Waals surface area contributed by atoms with E-state index in [0.717, 1.165) is 21.4 Å². The predicted molar refractivity (Wildman–Crippen MR) is 80.8 cm³/mol. The van der Waals surface area contributed by atoms with Crippen molar-refractivity contribution in [3.8, 4) is 0 Å². The van der Waals surface area contributed by atoms with Crippen LogP contribution in [0.15, 0.2) is 43.9 Å². The van der Waals surface area contributed by atoms with E-state index in [0.29, 0.717) is 0 Å². The molecule has 1 aromatic carbocycles. The van der Waals surface area contributed by atoms with Gasteiger partial charge in [0, 0.05) is 4.47 Å². The van der Waals surface area contributed by atoms with Crippen molar-refractivity contribution in [2.75, 3.05) is 6.54 Å². The van der Waals surface area contributed by atoms with Crippen LogP contribution < -0.4 is 5.32 Å². The number of furan rings is 1. The van der Waals surface area contributed by atoms with Gasteiger partial charge < -0.3 is 9.73 Å². The molecule has 0 aliphatic heterocycles. The summed E-state index contributed by atoms with van der Waals surface area (Å²) in [4.78, 5) is 0. The maximum absolute atomic E-state index is 5.66. The molecule has 0 bridgehead atoms. The molecule has 1 aromatic heterocycles. The first-order valence-corrected chi connectivity index (χ1v) is 7.45. The van der Waals surface area contributed by atoms with Gasteiger partial charge in [0.1, 0.15) is 5.76 Å². The van der Waals surface area contributed by atoms with Gasteiger partial charge in [-0.25, -0.2) is 0 Å². The van der Waals surface area contributed by atoms with Crippen molar-refractivity contribution < 1.29 is 4.42 Å². The number of hydrogen-bond donors (Lipinski definition) is 1. The molecule has 0 radical (unpaired) electrons. The molecular weight excluding hydrogens is 358 g/mol. The Balaban J connectivity index is 2.37. The minimum absolute atomic E-state index is 0.0817. The summed E-state index contributed by atoms with van der Waals surface area (Å²) in [5.41, 5.74) is 2.42. The van der Waals surface area contributed by atoms with Gasteiger partial charge in [-0.1, -0.05) is 35.0 Å². The topological polar surface area (TPSA) is 25.2 Å². The van der Waals surface area contributed by atoms with Crippen LogP contribution in [-0.2, 0) is 0 Å². The maximum Gasteiger partial charge on any atom is 0.169 e. The maximum atomic E-state index is 5.66. The molecular formula is C14H15Br2NO. The fourth-order valence-electron chi connectivity index (χ4n) is 1.86. The Morgan fingerprint density at radius 2 is 2.00 bits per heavy atom. The van der Waals surface area contributed by atoms with E-state index in [9.17, 15) is 0 Å². The Hall–Kier alpha value is -0.580. The normalized spacial score (nSPS) is 12.7. The summed E-state index contributed by atoms with van der Waals surface area (Å²) in [5, 5.41) is 3.44. The van der Waals surface area contributed by atoms with Crippen LogP contribution in [0.25, 0.3) is 0 Å². The van der Waals surface area contributed by atoms with Gasteiger partial charge in [-0.05, 0) is 58.7 Å². The number of nitrogens with one attached hydrogen (secondary N) is 1. The SMILES string of the molecule is CCNC(c1ccc(C)c(Br)c1)c1ccc(Br)o1. The average molecular weight is 373 g/mol. The average Bonchev–Trinajstić information content (AvgIpc) is 2.76. The second-order valence-corrected chi connectivity index (χ2v) is 5.78. The molecule has 0 saturated carbocycles. The molecule has 96 valence electrons. The Bertz CT molecular complexity index is 536. The third-order valence-electron chi connectivity index (χ3n) is 2.82.